The van der Waals surface area contributed by atoms with E-state index in [1.165, 1.54) is 57.9 Å². The third-order valence-corrected chi connectivity index (χ3v) is 5.46. The summed E-state index contributed by atoms with van der Waals surface area (Å²) in [5, 5.41) is 3.73. The highest BCUT2D eigenvalue weighted by Crippen LogP contribution is 2.49. The molecule has 100 valence electrons. The molecule has 2 aliphatic rings. The van der Waals surface area contributed by atoms with Crippen molar-refractivity contribution in [3.05, 3.63) is 0 Å². The second-order valence-electron chi connectivity index (χ2n) is 7.00. The highest BCUT2D eigenvalue weighted by molar-refractivity contribution is 4.94. The minimum Gasteiger partial charge on any atom is -0.314 e. The summed E-state index contributed by atoms with van der Waals surface area (Å²) in [5.41, 5.74) is 0.658. The molecule has 0 bridgehead atoms. The van der Waals surface area contributed by atoms with Gasteiger partial charge < -0.3 is 5.32 Å². The van der Waals surface area contributed by atoms with E-state index in [0.717, 1.165) is 17.9 Å². The molecule has 2 saturated carbocycles. The lowest BCUT2D eigenvalue weighted by Gasteiger charge is -2.39. The summed E-state index contributed by atoms with van der Waals surface area (Å²) in [5.74, 6) is 2.01. The normalized spacial score (nSPS) is 42.9. The van der Waals surface area contributed by atoms with Crippen molar-refractivity contribution in [2.24, 2.45) is 17.3 Å². The lowest BCUT2D eigenvalue weighted by atomic mass is 9.67. The first-order valence-corrected chi connectivity index (χ1v) is 7.87. The van der Waals surface area contributed by atoms with Crippen LogP contribution < -0.4 is 5.32 Å². The fraction of sp³-hybridized carbons (Fsp3) is 1.00. The average molecular weight is 237 g/mol. The lowest BCUT2D eigenvalue weighted by Crippen LogP contribution is -2.32. The van der Waals surface area contributed by atoms with E-state index in [4.69, 9.17) is 0 Å². The zero-order valence-electron chi connectivity index (χ0n) is 12.1. The third-order valence-electron chi connectivity index (χ3n) is 5.46. The van der Waals surface area contributed by atoms with Crippen molar-refractivity contribution in [3.8, 4) is 0 Å². The van der Waals surface area contributed by atoms with Crippen molar-refractivity contribution in [1.82, 2.24) is 5.32 Å². The Morgan fingerprint density at radius 2 is 1.82 bits per heavy atom. The van der Waals surface area contributed by atoms with Crippen LogP contribution in [0.15, 0.2) is 0 Å². The predicted molar refractivity (Wildman–Crippen MR) is 75.2 cm³/mol. The highest BCUT2D eigenvalue weighted by Gasteiger charge is 2.41. The molecule has 2 unspecified atom stereocenters. The van der Waals surface area contributed by atoms with Crippen LogP contribution in [0.5, 0.6) is 0 Å². The second-order valence-corrected chi connectivity index (χ2v) is 7.00. The van der Waals surface area contributed by atoms with Crippen LogP contribution in [-0.2, 0) is 0 Å². The van der Waals surface area contributed by atoms with Crippen molar-refractivity contribution in [3.63, 3.8) is 0 Å². The molecule has 0 aromatic heterocycles. The summed E-state index contributed by atoms with van der Waals surface area (Å²) < 4.78 is 0. The maximum absolute atomic E-state index is 3.73. The Labute approximate surface area is 108 Å². The molecule has 0 radical (unpaired) electrons. The standard InChI is InChI=1S/C16H31N/c1-4-11-17-15-9-10-16(3,12-15)14-7-5-13(2)6-8-14/h13-15,17H,4-12H2,1-3H3. The average Bonchev–Trinajstić information content (AvgIpc) is 2.70. The van der Waals surface area contributed by atoms with Crippen LogP contribution in [0.1, 0.15) is 72.1 Å². The van der Waals surface area contributed by atoms with Crippen LogP contribution >= 0.6 is 0 Å². The summed E-state index contributed by atoms with van der Waals surface area (Å²) in [7, 11) is 0. The van der Waals surface area contributed by atoms with Crippen molar-refractivity contribution in [2.75, 3.05) is 6.54 Å². The molecular formula is C16H31N. The molecule has 2 aliphatic carbocycles. The van der Waals surface area contributed by atoms with Crippen LogP contribution in [-0.4, -0.2) is 12.6 Å². The molecule has 2 fully saturated rings. The molecule has 0 heterocycles. The minimum absolute atomic E-state index is 0.658. The van der Waals surface area contributed by atoms with E-state index in [-0.39, 0.29) is 0 Å². The van der Waals surface area contributed by atoms with Gasteiger partial charge in [0.15, 0.2) is 0 Å². The fourth-order valence-electron chi connectivity index (χ4n) is 4.12. The first-order valence-electron chi connectivity index (χ1n) is 7.87. The lowest BCUT2D eigenvalue weighted by molar-refractivity contribution is 0.122. The van der Waals surface area contributed by atoms with Gasteiger partial charge in [-0.2, -0.15) is 0 Å². The van der Waals surface area contributed by atoms with Gasteiger partial charge >= 0.3 is 0 Å². The van der Waals surface area contributed by atoms with Crippen molar-refractivity contribution >= 4 is 0 Å². The Hall–Kier alpha value is -0.0400. The van der Waals surface area contributed by atoms with Gasteiger partial charge in [-0.3, -0.25) is 0 Å². The zero-order chi connectivity index (χ0) is 12.3. The molecule has 1 heteroatoms. The smallest absolute Gasteiger partial charge is 0.00725 e. The maximum atomic E-state index is 3.73. The van der Waals surface area contributed by atoms with Gasteiger partial charge in [0.1, 0.15) is 0 Å². The first-order chi connectivity index (χ1) is 8.14. The van der Waals surface area contributed by atoms with Crippen LogP contribution in [0.25, 0.3) is 0 Å². The van der Waals surface area contributed by atoms with Gasteiger partial charge in [0, 0.05) is 6.04 Å². The fourth-order valence-corrected chi connectivity index (χ4v) is 4.12. The zero-order valence-corrected chi connectivity index (χ0v) is 12.1. The SMILES string of the molecule is CCCNC1CCC(C)(C2CCC(C)CC2)C1. The molecule has 2 atom stereocenters. The number of hydrogen-bond acceptors (Lipinski definition) is 1. The quantitative estimate of drug-likeness (QED) is 0.765. The topological polar surface area (TPSA) is 12.0 Å². The summed E-state index contributed by atoms with van der Waals surface area (Å²) >= 11 is 0. The van der Waals surface area contributed by atoms with Gasteiger partial charge in [-0.15, -0.1) is 0 Å². The molecule has 0 amide bonds. The Kier molecular flexibility index (Phi) is 4.52. The third kappa shape index (κ3) is 3.24. The van der Waals surface area contributed by atoms with Gasteiger partial charge in [-0.05, 0) is 62.3 Å². The van der Waals surface area contributed by atoms with Crippen LogP contribution in [0.2, 0.25) is 0 Å². The number of rotatable bonds is 4. The van der Waals surface area contributed by atoms with E-state index in [0.29, 0.717) is 5.41 Å². The Bertz CT molecular complexity index is 230. The highest BCUT2D eigenvalue weighted by atomic mass is 14.9. The molecule has 1 nitrogen and oxygen atoms in total. The number of nitrogens with one attached hydrogen (secondary N) is 1. The second kappa shape index (κ2) is 5.73. The molecule has 0 aromatic carbocycles. The van der Waals surface area contributed by atoms with Gasteiger partial charge in [0.25, 0.3) is 0 Å². The van der Waals surface area contributed by atoms with Crippen molar-refractivity contribution in [1.29, 1.82) is 0 Å². The Morgan fingerprint density at radius 1 is 1.12 bits per heavy atom. The van der Waals surface area contributed by atoms with E-state index < -0.39 is 0 Å². The van der Waals surface area contributed by atoms with Crippen molar-refractivity contribution in [2.45, 2.75) is 78.2 Å². The van der Waals surface area contributed by atoms with Crippen molar-refractivity contribution < 1.29 is 0 Å². The van der Waals surface area contributed by atoms with E-state index in [2.05, 4.69) is 26.1 Å². The van der Waals surface area contributed by atoms with E-state index in [9.17, 15) is 0 Å². The molecule has 1 N–H and O–H groups in total. The first kappa shape index (κ1) is 13.4. The monoisotopic (exact) mass is 237 g/mol. The van der Waals surface area contributed by atoms with Gasteiger partial charge in [0.2, 0.25) is 0 Å². The molecular weight excluding hydrogens is 206 g/mol. The maximum Gasteiger partial charge on any atom is 0.00725 e. The molecule has 0 aliphatic heterocycles. The summed E-state index contributed by atoms with van der Waals surface area (Å²) in [4.78, 5) is 0. The van der Waals surface area contributed by atoms with Gasteiger partial charge in [-0.1, -0.05) is 33.6 Å². The Morgan fingerprint density at radius 3 is 2.47 bits per heavy atom. The molecule has 0 aromatic rings. The largest absolute Gasteiger partial charge is 0.314 e. The minimum atomic E-state index is 0.658. The summed E-state index contributed by atoms with van der Waals surface area (Å²) in [6, 6.07) is 0.819. The van der Waals surface area contributed by atoms with E-state index in [1.54, 1.807) is 0 Å². The van der Waals surface area contributed by atoms with Gasteiger partial charge in [0.05, 0.1) is 0 Å². The van der Waals surface area contributed by atoms with Crippen LogP contribution in [0.3, 0.4) is 0 Å². The van der Waals surface area contributed by atoms with Gasteiger partial charge in [-0.25, -0.2) is 0 Å². The summed E-state index contributed by atoms with van der Waals surface area (Å²) in [6.07, 6.45) is 11.5. The molecule has 0 saturated heterocycles. The predicted octanol–water partition coefficient (Wildman–Crippen LogP) is 4.37. The molecule has 17 heavy (non-hydrogen) atoms. The Balaban J connectivity index is 1.83. The van der Waals surface area contributed by atoms with Crippen LogP contribution in [0, 0.1) is 17.3 Å². The molecule has 2 rings (SSSR count). The number of hydrogen-bond donors (Lipinski definition) is 1. The molecule has 0 spiro atoms. The summed E-state index contributed by atoms with van der Waals surface area (Å²) in [6.45, 7) is 8.48. The van der Waals surface area contributed by atoms with E-state index in [1.807, 2.05) is 0 Å². The van der Waals surface area contributed by atoms with E-state index >= 15 is 0 Å². The van der Waals surface area contributed by atoms with Crippen LogP contribution in [0.4, 0.5) is 0 Å².